The van der Waals surface area contributed by atoms with Crippen LogP contribution in [0.4, 0.5) is 13.2 Å². The molecular weight excluding hydrogens is 405 g/mol. The van der Waals surface area contributed by atoms with Crippen molar-refractivity contribution in [3.63, 3.8) is 0 Å². The fraction of sp³-hybridized carbons (Fsp3) is 0.0769. The number of rotatable bonds is 2. The Bertz CT molecular complexity index is 977. The van der Waals surface area contributed by atoms with Gasteiger partial charge >= 0.3 is 15.6 Å². The number of thiophene rings is 1. The van der Waals surface area contributed by atoms with Crippen LogP contribution in [0.2, 0.25) is 0 Å². The summed E-state index contributed by atoms with van der Waals surface area (Å²) in [6.07, 6.45) is 0. The minimum Gasteiger partial charge on any atom is -0.375 e. The summed E-state index contributed by atoms with van der Waals surface area (Å²) in [5.74, 6) is -0.334. The number of alkyl halides is 3. The van der Waals surface area contributed by atoms with E-state index in [0.717, 1.165) is 9.17 Å². The number of benzene rings is 2. The Morgan fingerprint density at radius 3 is 2.45 bits per heavy atom. The third-order valence-electron chi connectivity index (χ3n) is 2.92. The van der Waals surface area contributed by atoms with Gasteiger partial charge in [-0.05, 0) is 34.1 Å². The van der Waals surface area contributed by atoms with Crippen molar-refractivity contribution in [1.29, 1.82) is 0 Å². The first-order valence-electron chi connectivity index (χ1n) is 5.81. The number of hydrogen-bond acceptors (Lipinski definition) is 4. The van der Waals surface area contributed by atoms with Gasteiger partial charge in [0.2, 0.25) is 0 Å². The highest BCUT2D eigenvalue weighted by Crippen LogP contribution is 2.43. The number of halogens is 4. The fourth-order valence-electron chi connectivity index (χ4n) is 2.02. The summed E-state index contributed by atoms with van der Waals surface area (Å²) in [5, 5.41) is 0.971. The summed E-state index contributed by atoms with van der Waals surface area (Å²) in [6, 6.07) is 9.56. The summed E-state index contributed by atoms with van der Waals surface area (Å²) >= 11 is 4.70. The topological polar surface area (TPSA) is 43.4 Å². The van der Waals surface area contributed by atoms with Crippen molar-refractivity contribution in [2.24, 2.45) is 0 Å². The van der Waals surface area contributed by atoms with Crippen LogP contribution in [0.15, 0.2) is 40.9 Å². The Morgan fingerprint density at radius 2 is 1.77 bits per heavy atom. The van der Waals surface area contributed by atoms with Gasteiger partial charge in [0, 0.05) is 24.6 Å². The van der Waals surface area contributed by atoms with Crippen molar-refractivity contribution >= 4 is 57.6 Å². The molecule has 1 aromatic heterocycles. The SMILES string of the molecule is O=S(=O)(Oc1cccc2sc3c(Br)cccc3c12)C(F)(F)F. The van der Waals surface area contributed by atoms with E-state index in [4.69, 9.17) is 0 Å². The number of fused-ring (bicyclic) bond motifs is 3. The van der Waals surface area contributed by atoms with Crippen LogP contribution in [0.5, 0.6) is 5.75 Å². The maximum absolute atomic E-state index is 12.5. The molecule has 0 aliphatic heterocycles. The molecule has 0 atom stereocenters. The van der Waals surface area contributed by atoms with Crippen LogP contribution in [0.1, 0.15) is 0 Å². The van der Waals surface area contributed by atoms with Crippen molar-refractivity contribution in [1.82, 2.24) is 0 Å². The lowest BCUT2D eigenvalue weighted by Gasteiger charge is -2.10. The van der Waals surface area contributed by atoms with Gasteiger partial charge in [0.05, 0.1) is 0 Å². The molecule has 3 nitrogen and oxygen atoms in total. The predicted molar refractivity (Wildman–Crippen MR) is 82.6 cm³/mol. The summed E-state index contributed by atoms with van der Waals surface area (Å²) in [5.41, 5.74) is -5.47. The van der Waals surface area contributed by atoms with E-state index in [2.05, 4.69) is 20.1 Å². The molecule has 9 heteroatoms. The van der Waals surface area contributed by atoms with E-state index in [0.29, 0.717) is 15.5 Å². The van der Waals surface area contributed by atoms with Crippen molar-refractivity contribution in [3.8, 4) is 5.75 Å². The summed E-state index contributed by atoms with van der Waals surface area (Å²) in [6.45, 7) is 0. The molecule has 22 heavy (non-hydrogen) atoms. The molecule has 2 aromatic carbocycles. The third-order valence-corrected chi connectivity index (χ3v) is 6.01. The maximum Gasteiger partial charge on any atom is 0.534 e. The van der Waals surface area contributed by atoms with Gasteiger partial charge in [0.15, 0.2) is 5.75 Å². The summed E-state index contributed by atoms with van der Waals surface area (Å²) in [4.78, 5) is 0. The molecule has 0 aliphatic carbocycles. The van der Waals surface area contributed by atoms with Crippen molar-refractivity contribution in [2.45, 2.75) is 5.51 Å². The number of hydrogen-bond donors (Lipinski definition) is 0. The highest BCUT2D eigenvalue weighted by molar-refractivity contribution is 9.10. The van der Waals surface area contributed by atoms with E-state index in [1.54, 1.807) is 24.3 Å². The van der Waals surface area contributed by atoms with Crippen molar-refractivity contribution < 1.29 is 25.8 Å². The van der Waals surface area contributed by atoms with Gasteiger partial charge in [-0.3, -0.25) is 0 Å². The highest BCUT2D eigenvalue weighted by atomic mass is 79.9. The van der Waals surface area contributed by atoms with Crippen LogP contribution in [-0.2, 0) is 10.1 Å². The molecule has 3 aromatic rings. The first kappa shape index (κ1) is 15.6. The van der Waals surface area contributed by atoms with Crippen LogP contribution in [0.25, 0.3) is 20.2 Å². The Balaban J connectivity index is 2.28. The lowest BCUT2D eigenvalue weighted by atomic mass is 10.1. The van der Waals surface area contributed by atoms with Crippen LogP contribution < -0.4 is 4.18 Å². The summed E-state index contributed by atoms with van der Waals surface area (Å²) in [7, 11) is -5.71. The Morgan fingerprint density at radius 1 is 1.09 bits per heavy atom. The van der Waals surface area contributed by atoms with E-state index >= 15 is 0 Å². The van der Waals surface area contributed by atoms with Crippen molar-refractivity contribution in [2.75, 3.05) is 0 Å². The van der Waals surface area contributed by atoms with E-state index in [-0.39, 0.29) is 5.75 Å². The molecule has 0 spiro atoms. The molecule has 0 bridgehead atoms. The smallest absolute Gasteiger partial charge is 0.375 e. The standard InChI is InChI=1S/C13H6BrF3O3S2/c14-8-4-1-3-7-11-9(20-22(18,19)13(15,16)17)5-2-6-10(11)21-12(7)8/h1-6H. The third kappa shape index (κ3) is 2.46. The zero-order valence-electron chi connectivity index (χ0n) is 10.5. The normalized spacial score (nSPS) is 12.9. The highest BCUT2D eigenvalue weighted by Gasteiger charge is 2.48. The minimum absolute atomic E-state index is 0.334. The second-order valence-corrected chi connectivity index (χ2v) is 7.78. The van der Waals surface area contributed by atoms with E-state index in [9.17, 15) is 21.6 Å². The van der Waals surface area contributed by atoms with Crippen LogP contribution in [0.3, 0.4) is 0 Å². The molecule has 0 saturated heterocycles. The Labute approximate surface area is 135 Å². The maximum atomic E-state index is 12.5. The molecule has 0 N–H and O–H groups in total. The molecule has 0 fully saturated rings. The second kappa shape index (κ2) is 5.10. The van der Waals surface area contributed by atoms with Crippen LogP contribution in [0, 0.1) is 0 Å². The average molecular weight is 411 g/mol. The van der Waals surface area contributed by atoms with Crippen LogP contribution >= 0.6 is 27.3 Å². The largest absolute Gasteiger partial charge is 0.534 e. The van der Waals surface area contributed by atoms with Gasteiger partial charge in [0.25, 0.3) is 0 Å². The van der Waals surface area contributed by atoms with E-state index < -0.39 is 15.6 Å². The molecule has 3 rings (SSSR count). The first-order chi connectivity index (χ1) is 10.2. The van der Waals surface area contributed by atoms with Gasteiger partial charge in [0.1, 0.15) is 0 Å². The van der Waals surface area contributed by atoms with E-state index in [1.807, 2.05) is 0 Å². The zero-order valence-corrected chi connectivity index (χ0v) is 13.7. The van der Waals surface area contributed by atoms with E-state index in [1.165, 1.54) is 23.5 Å². The van der Waals surface area contributed by atoms with Crippen molar-refractivity contribution in [3.05, 3.63) is 40.9 Å². The molecule has 1 heterocycles. The quantitative estimate of drug-likeness (QED) is 0.438. The molecular formula is C13H6BrF3O3S2. The van der Waals surface area contributed by atoms with Gasteiger partial charge < -0.3 is 4.18 Å². The molecule has 116 valence electrons. The van der Waals surface area contributed by atoms with Crippen LogP contribution in [-0.4, -0.2) is 13.9 Å². The van der Waals surface area contributed by atoms with Gasteiger partial charge in [-0.15, -0.1) is 11.3 Å². The minimum atomic E-state index is -5.71. The predicted octanol–water partition coefficient (Wildman–Crippen LogP) is 5.05. The average Bonchev–Trinajstić information content (AvgIpc) is 2.78. The van der Waals surface area contributed by atoms with Gasteiger partial charge in [-0.2, -0.15) is 21.6 Å². The fourth-order valence-corrected chi connectivity index (χ4v) is 4.22. The zero-order chi connectivity index (χ0) is 16.1. The molecule has 0 unspecified atom stereocenters. The lowest BCUT2D eigenvalue weighted by molar-refractivity contribution is -0.0499. The monoisotopic (exact) mass is 410 g/mol. The van der Waals surface area contributed by atoms with Gasteiger partial charge in [-0.1, -0.05) is 18.2 Å². The molecule has 0 saturated carbocycles. The first-order valence-corrected chi connectivity index (χ1v) is 8.83. The summed E-state index contributed by atoms with van der Waals surface area (Å²) < 4.78 is 66.5. The van der Waals surface area contributed by atoms with Gasteiger partial charge in [-0.25, -0.2) is 0 Å². The Hall–Kier alpha value is -1.32. The Kier molecular flexibility index (Phi) is 3.61. The molecule has 0 aliphatic rings. The molecule has 0 amide bonds. The molecule has 0 radical (unpaired) electrons. The second-order valence-electron chi connectivity index (χ2n) is 4.33. The lowest BCUT2D eigenvalue weighted by Crippen LogP contribution is -2.28.